The van der Waals surface area contributed by atoms with Gasteiger partial charge in [0.25, 0.3) is 0 Å². The fraction of sp³-hybridized carbons (Fsp3) is 0.0545. The molecule has 57 heavy (non-hydrogen) atoms. The quantitative estimate of drug-likeness (QED) is 0.176. The minimum absolute atomic E-state index is 0.0956. The van der Waals surface area contributed by atoms with Gasteiger partial charge in [0.05, 0.1) is 11.4 Å². The van der Waals surface area contributed by atoms with Crippen molar-refractivity contribution in [3.8, 4) is 67.3 Å². The zero-order valence-corrected chi connectivity index (χ0v) is 31.9. The molecule has 10 aromatic rings. The van der Waals surface area contributed by atoms with Crippen LogP contribution in [0.4, 0.5) is 0 Å². The van der Waals surface area contributed by atoms with Crippen molar-refractivity contribution < 1.29 is 0 Å². The van der Waals surface area contributed by atoms with E-state index < -0.39 is 0 Å². The Morgan fingerprint density at radius 2 is 0.895 bits per heavy atom. The molecule has 0 bridgehead atoms. The van der Waals surface area contributed by atoms with Gasteiger partial charge in [-0.3, -0.25) is 0 Å². The highest BCUT2D eigenvalue weighted by Gasteiger charge is 2.37. The van der Waals surface area contributed by atoms with Gasteiger partial charge in [-0.25, -0.2) is 9.97 Å². The van der Waals surface area contributed by atoms with Gasteiger partial charge in [0.15, 0.2) is 5.82 Å². The molecule has 0 fully saturated rings. The highest BCUT2D eigenvalue weighted by molar-refractivity contribution is 6.06. The summed E-state index contributed by atoms with van der Waals surface area (Å²) in [7, 11) is 0. The first-order chi connectivity index (χ1) is 28.0. The van der Waals surface area contributed by atoms with Gasteiger partial charge in [-0.2, -0.15) is 0 Å². The molecule has 0 atom stereocenters. The van der Waals surface area contributed by atoms with Crippen LogP contribution < -0.4 is 0 Å². The molecule has 9 aromatic carbocycles. The van der Waals surface area contributed by atoms with Crippen LogP contribution in [0.15, 0.2) is 194 Å². The van der Waals surface area contributed by atoms with Crippen LogP contribution in [0.1, 0.15) is 25.0 Å². The Morgan fingerprint density at radius 3 is 1.68 bits per heavy atom. The molecule has 0 saturated carbocycles. The van der Waals surface area contributed by atoms with Crippen molar-refractivity contribution in [2.45, 2.75) is 19.3 Å². The first-order valence-corrected chi connectivity index (χ1v) is 19.7. The molecule has 1 heterocycles. The number of nitrogens with zero attached hydrogens (tertiary/aromatic N) is 2. The predicted octanol–water partition coefficient (Wildman–Crippen LogP) is 14.6. The molecule has 11 rings (SSSR count). The minimum atomic E-state index is -0.0956. The number of rotatable bonds is 5. The van der Waals surface area contributed by atoms with Gasteiger partial charge in [-0.1, -0.05) is 196 Å². The Kier molecular flexibility index (Phi) is 7.55. The monoisotopic (exact) mass is 726 g/mol. The lowest BCUT2D eigenvalue weighted by atomic mass is 9.80. The third kappa shape index (κ3) is 5.33. The number of benzene rings is 9. The molecule has 0 saturated heterocycles. The molecular weight excluding hydrogens is 689 g/mol. The smallest absolute Gasteiger partial charge is 0.161 e. The molecule has 1 aliphatic carbocycles. The summed E-state index contributed by atoms with van der Waals surface area (Å²) < 4.78 is 0. The third-order valence-electron chi connectivity index (χ3n) is 12.1. The zero-order chi connectivity index (χ0) is 38.1. The molecule has 1 aliphatic rings. The predicted molar refractivity (Wildman–Crippen MR) is 239 cm³/mol. The largest absolute Gasteiger partial charge is 0.228 e. The van der Waals surface area contributed by atoms with Crippen molar-refractivity contribution in [1.29, 1.82) is 0 Å². The molecule has 0 aliphatic heterocycles. The van der Waals surface area contributed by atoms with Gasteiger partial charge in [0, 0.05) is 22.1 Å². The second-order valence-corrected chi connectivity index (χ2v) is 15.7. The number of aromatic nitrogens is 2. The van der Waals surface area contributed by atoms with E-state index in [2.05, 4.69) is 208 Å². The molecule has 0 amide bonds. The summed E-state index contributed by atoms with van der Waals surface area (Å²) in [6, 6.07) is 70.1. The average molecular weight is 727 g/mol. The van der Waals surface area contributed by atoms with Crippen molar-refractivity contribution in [2.75, 3.05) is 0 Å². The van der Waals surface area contributed by atoms with Crippen LogP contribution >= 0.6 is 0 Å². The van der Waals surface area contributed by atoms with Crippen LogP contribution in [0.5, 0.6) is 0 Å². The lowest BCUT2D eigenvalue weighted by Crippen LogP contribution is -2.15. The Labute approximate surface area is 332 Å². The summed E-state index contributed by atoms with van der Waals surface area (Å²) in [5.74, 6) is 0.711. The van der Waals surface area contributed by atoms with Gasteiger partial charge in [-0.05, 0) is 89.0 Å². The number of hydrogen-bond donors (Lipinski definition) is 0. The molecule has 268 valence electrons. The van der Waals surface area contributed by atoms with Crippen LogP contribution in [-0.4, -0.2) is 9.97 Å². The summed E-state index contributed by atoms with van der Waals surface area (Å²) >= 11 is 0. The van der Waals surface area contributed by atoms with Crippen LogP contribution in [0, 0.1) is 0 Å². The standard InChI is InChI=1S/C55H38N2/c1-55(2)50-32-28-38(33-49(50)47-29-27-37-18-7-9-22-42(37)53(47)55)41-30-31-46(44-24-12-11-23-43(41)44)52-34-51(45-25-13-10-20-39(45)35-15-4-3-5-16-35)56-54(57-52)48-26-14-19-36-17-6-8-21-40(36)48/h3-34H,1-2H3. The SMILES string of the molecule is CC1(C)c2ccc(-c3ccc(-c4cc(-c5ccccc5-c5ccccc5)nc(-c5cccc6ccccc56)n4)c4ccccc34)cc2-c2ccc3ccccc3c21. The van der Waals surface area contributed by atoms with Gasteiger partial charge >= 0.3 is 0 Å². The van der Waals surface area contributed by atoms with Gasteiger partial charge in [-0.15, -0.1) is 0 Å². The van der Waals surface area contributed by atoms with Crippen LogP contribution in [0.2, 0.25) is 0 Å². The zero-order valence-electron chi connectivity index (χ0n) is 31.9. The molecule has 1 aromatic heterocycles. The fourth-order valence-corrected chi connectivity index (χ4v) is 9.40. The van der Waals surface area contributed by atoms with E-state index in [1.54, 1.807) is 0 Å². The summed E-state index contributed by atoms with van der Waals surface area (Å²) in [5.41, 5.74) is 15.0. The van der Waals surface area contributed by atoms with Crippen molar-refractivity contribution in [2.24, 2.45) is 0 Å². The lowest BCUT2D eigenvalue weighted by Gasteiger charge is -2.23. The summed E-state index contributed by atoms with van der Waals surface area (Å²) in [4.78, 5) is 10.8. The van der Waals surface area contributed by atoms with E-state index in [1.807, 2.05) is 0 Å². The summed E-state index contributed by atoms with van der Waals surface area (Å²) in [5, 5.41) is 7.28. The molecule has 0 radical (unpaired) electrons. The normalized spacial score (nSPS) is 12.9. The molecule has 0 unspecified atom stereocenters. The van der Waals surface area contributed by atoms with Gasteiger partial charge in [0.1, 0.15) is 0 Å². The topological polar surface area (TPSA) is 25.8 Å². The summed E-state index contributed by atoms with van der Waals surface area (Å²) in [6.45, 7) is 4.74. The van der Waals surface area contributed by atoms with Crippen LogP contribution in [-0.2, 0) is 5.41 Å². The third-order valence-corrected chi connectivity index (χ3v) is 12.1. The van der Waals surface area contributed by atoms with E-state index in [0.29, 0.717) is 5.82 Å². The Hall–Kier alpha value is -7.16. The second-order valence-electron chi connectivity index (χ2n) is 15.7. The van der Waals surface area contributed by atoms with Crippen LogP contribution in [0.3, 0.4) is 0 Å². The first-order valence-electron chi connectivity index (χ1n) is 19.7. The Balaban J connectivity index is 1.11. The first kappa shape index (κ1) is 33.2. The van der Waals surface area contributed by atoms with E-state index in [4.69, 9.17) is 9.97 Å². The summed E-state index contributed by atoms with van der Waals surface area (Å²) in [6.07, 6.45) is 0. The van der Waals surface area contributed by atoms with E-state index in [9.17, 15) is 0 Å². The highest BCUT2D eigenvalue weighted by atomic mass is 14.9. The Bertz CT molecular complexity index is 3210. The van der Waals surface area contributed by atoms with Crippen molar-refractivity contribution >= 4 is 32.3 Å². The molecule has 2 nitrogen and oxygen atoms in total. The molecule has 2 heteroatoms. The average Bonchev–Trinajstić information content (AvgIpc) is 3.51. The molecule has 0 N–H and O–H groups in total. The van der Waals surface area contributed by atoms with Gasteiger partial charge < -0.3 is 0 Å². The number of hydrogen-bond acceptors (Lipinski definition) is 2. The molecular formula is C55H38N2. The minimum Gasteiger partial charge on any atom is -0.228 e. The lowest BCUT2D eigenvalue weighted by molar-refractivity contribution is 0.666. The van der Waals surface area contributed by atoms with Gasteiger partial charge in [0.2, 0.25) is 0 Å². The maximum atomic E-state index is 5.41. The van der Waals surface area contributed by atoms with E-state index in [-0.39, 0.29) is 5.41 Å². The van der Waals surface area contributed by atoms with Crippen molar-refractivity contribution in [1.82, 2.24) is 9.97 Å². The maximum Gasteiger partial charge on any atom is 0.161 e. The Morgan fingerprint density at radius 1 is 0.333 bits per heavy atom. The van der Waals surface area contributed by atoms with Crippen LogP contribution in [0.25, 0.3) is 99.6 Å². The van der Waals surface area contributed by atoms with E-state index in [0.717, 1.165) is 50.0 Å². The maximum absolute atomic E-state index is 5.41. The fourth-order valence-electron chi connectivity index (χ4n) is 9.40. The van der Waals surface area contributed by atoms with Crippen molar-refractivity contribution in [3.63, 3.8) is 0 Å². The van der Waals surface area contributed by atoms with E-state index in [1.165, 1.54) is 54.9 Å². The second kappa shape index (κ2) is 13.0. The van der Waals surface area contributed by atoms with E-state index >= 15 is 0 Å². The number of fused-ring (bicyclic) bond motifs is 7. The van der Waals surface area contributed by atoms with Crippen molar-refractivity contribution in [3.05, 3.63) is 205 Å². The highest BCUT2D eigenvalue weighted by Crippen LogP contribution is 2.52. The molecule has 0 spiro atoms.